The molecule has 0 atom stereocenters. The van der Waals surface area contributed by atoms with Crippen LogP contribution in [0.15, 0.2) is 42.7 Å². The number of carbonyl (C=O) groups is 1. The van der Waals surface area contributed by atoms with Crippen LogP contribution in [0, 0.1) is 11.3 Å². The molecule has 2 rings (SSSR count). The Balaban J connectivity index is 2.14. The molecule has 0 saturated carbocycles. The Morgan fingerprint density at radius 2 is 2.00 bits per heavy atom. The summed E-state index contributed by atoms with van der Waals surface area (Å²) in [5, 5.41) is 8.66. The molecular weight excluding hydrogens is 200 g/mol. The summed E-state index contributed by atoms with van der Waals surface area (Å²) in [7, 11) is 0. The van der Waals surface area contributed by atoms with Crippen LogP contribution in [0.3, 0.4) is 0 Å². The van der Waals surface area contributed by atoms with Gasteiger partial charge in [-0.25, -0.2) is 0 Å². The van der Waals surface area contributed by atoms with Gasteiger partial charge in [-0.1, -0.05) is 12.1 Å². The third-order valence-electron chi connectivity index (χ3n) is 2.36. The molecular formula is C13H10N2O. The maximum Gasteiger partial charge on any atom is 0.151 e. The second kappa shape index (κ2) is 4.45. The zero-order valence-corrected chi connectivity index (χ0v) is 8.63. The molecule has 1 aromatic carbocycles. The number of hydrogen-bond donors (Lipinski definition) is 0. The first-order valence-corrected chi connectivity index (χ1v) is 4.92. The van der Waals surface area contributed by atoms with Crippen LogP contribution in [-0.4, -0.2) is 10.9 Å². The largest absolute Gasteiger partial charge is 0.349 e. The summed E-state index contributed by atoms with van der Waals surface area (Å²) in [6.07, 6.45) is 4.49. The van der Waals surface area contributed by atoms with Gasteiger partial charge in [0.25, 0.3) is 0 Å². The predicted molar refractivity (Wildman–Crippen MR) is 60.1 cm³/mol. The van der Waals surface area contributed by atoms with E-state index in [0.717, 1.165) is 11.8 Å². The molecule has 1 heterocycles. The van der Waals surface area contributed by atoms with Gasteiger partial charge in [-0.05, 0) is 23.8 Å². The Morgan fingerprint density at radius 1 is 1.25 bits per heavy atom. The Kier molecular flexibility index (Phi) is 2.84. The van der Waals surface area contributed by atoms with E-state index in [9.17, 15) is 4.79 Å². The fraction of sp³-hybridized carbons (Fsp3) is 0.0769. The minimum absolute atomic E-state index is 0.657. The lowest BCUT2D eigenvalue weighted by molar-refractivity contribution is 0.112. The molecule has 1 aromatic heterocycles. The van der Waals surface area contributed by atoms with E-state index in [1.165, 1.54) is 0 Å². The van der Waals surface area contributed by atoms with Crippen molar-refractivity contribution in [1.82, 2.24) is 4.57 Å². The topological polar surface area (TPSA) is 45.8 Å². The first-order chi connectivity index (χ1) is 7.81. The summed E-state index contributed by atoms with van der Waals surface area (Å²) in [5.41, 5.74) is 2.44. The third kappa shape index (κ3) is 2.18. The normalized spacial score (nSPS) is 9.69. The van der Waals surface area contributed by atoms with Gasteiger partial charge in [0.05, 0.1) is 11.6 Å². The Morgan fingerprint density at radius 3 is 2.56 bits per heavy atom. The molecule has 0 unspecified atom stereocenters. The zero-order valence-electron chi connectivity index (χ0n) is 8.63. The molecule has 3 nitrogen and oxygen atoms in total. The van der Waals surface area contributed by atoms with Crippen LogP contribution in [0.25, 0.3) is 0 Å². The molecule has 0 aliphatic carbocycles. The van der Waals surface area contributed by atoms with Crippen molar-refractivity contribution in [3.63, 3.8) is 0 Å². The molecule has 0 spiro atoms. The van der Waals surface area contributed by atoms with E-state index in [2.05, 4.69) is 6.07 Å². The van der Waals surface area contributed by atoms with E-state index in [0.29, 0.717) is 17.7 Å². The average Bonchev–Trinajstić information content (AvgIpc) is 2.78. The van der Waals surface area contributed by atoms with E-state index >= 15 is 0 Å². The molecule has 0 bridgehead atoms. The smallest absolute Gasteiger partial charge is 0.151 e. The van der Waals surface area contributed by atoms with Crippen LogP contribution in [0.1, 0.15) is 21.5 Å². The van der Waals surface area contributed by atoms with E-state index in [1.807, 2.05) is 22.9 Å². The van der Waals surface area contributed by atoms with Gasteiger partial charge < -0.3 is 4.57 Å². The van der Waals surface area contributed by atoms with Gasteiger partial charge in [0.2, 0.25) is 0 Å². The van der Waals surface area contributed by atoms with Crippen molar-refractivity contribution in [2.75, 3.05) is 0 Å². The second-order valence-electron chi connectivity index (χ2n) is 3.54. The minimum atomic E-state index is 0.657. The summed E-state index contributed by atoms with van der Waals surface area (Å²) in [6, 6.07) is 11.3. The Bertz CT molecular complexity index is 532. The Labute approximate surface area is 93.6 Å². The SMILES string of the molecule is N#Cc1ccc(Cn2ccc(C=O)c2)cc1. The van der Waals surface area contributed by atoms with Crippen molar-refractivity contribution >= 4 is 6.29 Å². The standard InChI is InChI=1S/C13H10N2O/c14-7-11-1-3-12(4-2-11)8-15-6-5-13(9-15)10-16/h1-6,9-10H,8H2. The number of aldehydes is 1. The van der Waals surface area contributed by atoms with Crippen molar-refractivity contribution < 1.29 is 4.79 Å². The minimum Gasteiger partial charge on any atom is -0.349 e. The van der Waals surface area contributed by atoms with Gasteiger partial charge in [-0.15, -0.1) is 0 Å². The van der Waals surface area contributed by atoms with E-state index in [1.54, 1.807) is 24.4 Å². The van der Waals surface area contributed by atoms with E-state index < -0.39 is 0 Å². The van der Waals surface area contributed by atoms with Crippen molar-refractivity contribution in [1.29, 1.82) is 5.26 Å². The molecule has 0 aliphatic heterocycles. The molecule has 0 aliphatic rings. The lowest BCUT2D eigenvalue weighted by Crippen LogP contribution is -1.96. The van der Waals surface area contributed by atoms with Crippen LogP contribution in [0.5, 0.6) is 0 Å². The predicted octanol–water partition coefficient (Wildman–Crippen LogP) is 2.22. The fourth-order valence-corrected chi connectivity index (χ4v) is 1.52. The van der Waals surface area contributed by atoms with Gasteiger partial charge in [-0.3, -0.25) is 4.79 Å². The van der Waals surface area contributed by atoms with Gasteiger partial charge >= 0.3 is 0 Å². The maximum atomic E-state index is 10.5. The number of carbonyl (C=O) groups excluding carboxylic acids is 1. The molecule has 16 heavy (non-hydrogen) atoms. The molecule has 0 radical (unpaired) electrons. The third-order valence-corrected chi connectivity index (χ3v) is 2.36. The van der Waals surface area contributed by atoms with Gasteiger partial charge in [-0.2, -0.15) is 5.26 Å². The van der Waals surface area contributed by atoms with Crippen molar-refractivity contribution in [2.24, 2.45) is 0 Å². The summed E-state index contributed by atoms with van der Waals surface area (Å²) in [5.74, 6) is 0. The number of benzene rings is 1. The molecule has 0 amide bonds. The number of nitrogens with zero attached hydrogens (tertiary/aromatic N) is 2. The average molecular weight is 210 g/mol. The molecule has 3 heteroatoms. The van der Waals surface area contributed by atoms with Crippen LogP contribution in [0.2, 0.25) is 0 Å². The van der Waals surface area contributed by atoms with Crippen LogP contribution in [-0.2, 0) is 6.54 Å². The monoisotopic (exact) mass is 210 g/mol. The highest BCUT2D eigenvalue weighted by Gasteiger charge is 1.97. The van der Waals surface area contributed by atoms with Gasteiger partial charge in [0.15, 0.2) is 6.29 Å². The number of rotatable bonds is 3. The first kappa shape index (κ1) is 10.2. The highest BCUT2D eigenvalue weighted by Crippen LogP contribution is 2.07. The zero-order chi connectivity index (χ0) is 11.4. The van der Waals surface area contributed by atoms with Crippen LogP contribution in [0.4, 0.5) is 0 Å². The van der Waals surface area contributed by atoms with Crippen LogP contribution >= 0.6 is 0 Å². The quantitative estimate of drug-likeness (QED) is 0.729. The lowest BCUT2D eigenvalue weighted by atomic mass is 10.1. The highest BCUT2D eigenvalue weighted by molar-refractivity contribution is 5.74. The maximum absolute atomic E-state index is 10.5. The highest BCUT2D eigenvalue weighted by atomic mass is 16.1. The Hall–Kier alpha value is -2.34. The molecule has 0 N–H and O–H groups in total. The van der Waals surface area contributed by atoms with Crippen molar-refractivity contribution in [2.45, 2.75) is 6.54 Å². The van der Waals surface area contributed by atoms with E-state index in [4.69, 9.17) is 5.26 Å². The lowest BCUT2D eigenvalue weighted by Gasteiger charge is -2.02. The number of aromatic nitrogens is 1. The fourth-order valence-electron chi connectivity index (χ4n) is 1.52. The van der Waals surface area contributed by atoms with Crippen molar-refractivity contribution in [3.8, 4) is 6.07 Å². The number of hydrogen-bond acceptors (Lipinski definition) is 2. The van der Waals surface area contributed by atoms with Crippen LogP contribution < -0.4 is 0 Å². The molecule has 0 fully saturated rings. The second-order valence-corrected chi connectivity index (χ2v) is 3.54. The van der Waals surface area contributed by atoms with E-state index in [-0.39, 0.29) is 0 Å². The molecule has 78 valence electrons. The van der Waals surface area contributed by atoms with Gasteiger partial charge in [0, 0.05) is 24.5 Å². The van der Waals surface area contributed by atoms with Crippen molar-refractivity contribution in [3.05, 3.63) is 59.4 Å². The summed E-state index contributed by atoms with van der Waals surface area (Å²) < 4.78 is 1.94. The first-order valence-electron chi connectivity index (χ1n) is 4.92. The van der Waals surface area contributed by atoms with Gasteiger partial charge in [0.1, 0.15) is 0 Å². The summed E-state index contributed by atoms with van der Waals surface area (Å²) in [6.45, 7) is 0.708. The number of nitriles is 1. The summed E-state index contributed by atoms with van der Waals surface area (Å²) >= 11 is 0. The molecule has 2 aromatic rings. The summed E-state index contributed by atoms with van der Waals surface area (Å²) in [4.78, 5) is 10.5. The molecule has 0 saturated heterocycles.